The first-order chi connectivity index (χ1) is 17.8. The van der Waals surface area contributed by atoms with Crippen LogP contribution in [0.25, 0.3) is 22.5 Å². The third kappa shape index (κ3) is 5.14. The van der Waals surface area contributed by atoms with Crippen molar-refractivity contribution in [3.8, 4) is 17.1 Å². The second kappa shape index (κ2) is 10.2. The van der Waals surface area contributed by atoms with Gasteiger partial charge >= 0.3 is 6.08 Å². The Labute approximate surface area is 214 Å². The molecule has 1 aromatic carbocycles. The van der Waals surface area contributed by atoms with E-state index in [2.05, 4.69) is 9.97 Å². The summed E-state index contributed by atoms with van der Waals surface area (Å²) in [5.74, 6) is 3.57. The number of halogens is 1. The molecule has 0 saturated carbocycles. The number of aromatic nitrogens is 4. The predicted molar refractivity (Wildman–Crippen MR) is 138 cm³/mol. The van der Waals surface area contributed by atoms with Gasteiger partial charge in [0.1, 0.15) is 23.1 Å². The number of fused-ring (bicyclic) bond motifs is 1. The van der Waals surface area contributed by atoms with Crippen molar-refractivity contribution >= 4 is 22.9 Å². The minimum Gasteiger partial charge on any atom is -0.497 e. The molecule has 9 nitrogen and oxygen atoms in total. The van der Waals surface area contributed by atoms with Gasteiger partial charge in [0, 0.05) is 38.5 Å². The first kappa shape index (κ1) is 24.7. The smallest absolute Gasteiger partial charge is 0.312 e. The summed E-state index contributed by atoms with van der Waals surface area (Å²) < 4.78 is 27.5. The standard InChI is InChI=1S/C27H31FN6O3/c1-16-4-7-22(37-16)21-6-5-20(36-3)14-19(21)15-23-30-24-25(29)31-27(28)32-26(24)34(23)13-10-18-8-11-33(12-9-18)17(2)35/h4-7,14,18H,8-13,15H2,1-3H3,(H2,29,31,32). The molecule has 0 spiro atoms. The lowest BCUT2D eigenvalue weighted by atomic mass is 9.93. The van der Waals surface area contributed by atoms with Crippen LogP contribution < -0.4 is 10.5 Å². The van der Waals surface area contributed by atoms with Gasteiger partial charge in [-0.15, -0.1) is 0 Å². The molecular formula is C27H31FN6O3. The molecule has 0 atom stereocenters. The largest absolute Gasteiger partial charge is 0.497 e. The Bertz CT molecular complexity index is 1440. The SMILES string of the molecule is COc1ccc(-c2ccc(C)o2)c(Cc2nc3c(N)nc(F)nc3n2CCC2CCN(C(C)=O)CC2)c1. The zero-order valence-corrected chi connectivity index (χ0v) is 21.3. The summed E-state index contributed by atoms with van der Waals surface area (Å²) in [5, 5.41) is 0. The van der Waals surface area contributed by atoms with Crippen molar-refractivity contribution in [2.75, 3.05) is 25.9 Å². The third-order valence-electron chi connectivity index (χ3n) is 7.16. The quantitative estimate of drug-likeness (QED) is 0.371. The number of ether oxygens (including phenoxy) is 1. The minimum atomic E-state index is -0.874. The lowest BCUT2D eigenvalue weighted by molar-refractivity contribution is -0.130. The first-order valence-corrected chi connectivity index (χ1v) is 12.5. The van der Waals surface area contributed by atoms with E-state index < -0.39 is 6.08 Å². The van der Waals surface area contributed by atoms with Crippen molar-refractivity contribution in [1.29, 1.82) is 0 Å². The Hall–Kier alpha value is -3.95. The highest BCUT2D eigenvalue weighted by Crippen LogP contribution is 2.32. The van der Waals surface area contributed by atoms with Gasteiger partial charge in [-0.2, -0.15) is 14.4 Å². The van der Waals surface area contributed by atoms with E-state index in [-0.39, 0.29) is 11.7 Å². The predicted octanol–water partition coefficient (Wildman–Crippen LogP) is 4.36. The normalized spacial score (nSPS) is 14.4. The third-order valence-corrected chi connectivity index (χ3v) is 7.16. The van der Waals surface area contributed by atoms with Gasteiger partial charge in [0.05, 0.1) is 7.11 Å². The van der Waals surface area contributed by atoms with E-state index in [1.54, 1.807) is 14.0 Å². The van der Waals surface area contributed by atoms with Crippen LogP contribution in [-0.2, 0) is 17.8 Å². The maximum absolute atomic E-state index is 14.2. The van der Waals surface area contributed by atoms with Crippen LogP contribution in [0, 0.1) is 18.9 Å². The van der Waals surface area contributed by atoms with Gasteiger partial charge in [0.25, 0.3) is 0 Å². The Morgan fingerprint density at radius 3 is 2.65 bits per heavy atom. The number of furan rings is 1. The fourth-order valence-electron chi connectivity index (χ4n) is 5.09. The lowest BCUT2D eigenvalue weighted by Crippen LogP contribution is -2.37. The summed E-state index contributed by atoms with van der Waals surface area (Å²) in [4.78, 5) is 26.1. The van der Waals surface area contributed by atoms with Gasteiger partial charge in [-0.1, -0.05) is 0 Å². The molecule has 1 saturated heterocycles. The van der Waals surface area contributed by atoms with Gasteiger partial charge in [-0.05, 0) is 68.0 Å². The number of rotatable bonds is 7. The van der Waals surface area contributed by atoms with Crippen LogP contribution in [0.2, 0.25) is 0 Å². The van der Waals surface area contributed by atoms with E-state index in [1.165, 1.54) is 0 Å². The van der Waals surface area contributed by atoms with Crippen LogP contribution in [0.4, 0.5) is 10.2 Å². The van der Waals surface area contributed by atoms with E-state index in [1.807, 2.05) is 46.7 Å². The number of methoxy groups -OCH3 is 1. The molecule has 1 fully saturated rings. The molecule has 1 aliphatic rings. The van der Waals surface area contributed by atoms with Crippen molar-refractivity contribution in [2.24, 2.45) is 5.92 Å². The van der Waals surface area contributed by atoms with Crippen LogP contribution in [0.1, 0.15) is 43.3 Å². The van der Waals surface area contributed by atoms with Crippen molar-refractivity contribution < 1.29 is 18.3 Å². The van der Waals surface area contributed by atoms with Crippen molar-refractivity contribution in [3.63, 3.8) is 0 Å². The number of carbonyl (C=O) groups excluding carboxylic acids is 1. The molecule has 1 aliphatic heterocycles. The van der Waals surface area contributed by atoms with Gasteiger partial charge in [0.15, 0.2) is 17.0 Å². The van der Waals surface area contributed by atoms with Gasteiger partial charge in [-0.3, -0.25) is 4.79 Å². The number of carbonyl (C=O) groups is 1. The number of nitrogen functional groups attached to an aromatic ring is 1. The molecular weight excluding hydrogens is 475 g/mol. The van der Waals surface area contributed by atoms with Crippen LogP contribution in [0.3, 0.4) is 0 Å². The Kier molecular flexibility index (Phi) is 6.82. The summed E-state index contributed by atoms with van der Waals surface area (Å²) in [6, 6.07) is 9.69. The van der Waals surface area contributed by atoms with E-state index >= 15 is 0 Å². The molecule has 0 radical (unpaired) electrons. The molecule has 1 amide bonds. The molecule has 3 aromatic heterocycles. The minimum absolute atomic E-state index is 0.0183. The topological polar surface area (TPSA) is 112 Å². The maximum atomic E-state index is 14.2. The highest BCUT2D eigenvalue weighted by atomic mass is 19.1. The van der Waals surface area contributed by atoms with Crippen LogP contribution in [0.15, 0.2) is 34.7 Å². The van der Waals surface area contributed by atoms with E-state index in [4.69, 9.17) is 19.9 Å². The second-order valence-corrected chi connectivity index (χ2v) is 9.58. The van der Waals surface area contributed by atoms with Gasteiger partial charge in [-0.25, -0.2) is 4.98 Å². The van der Waals surface area contributed by atoms with Gasteiger partial charge in [0.2, 0.25) is 5.91 Å². The van der Waals surface area contributed by atoms with E-state index in [9.17, 15) is 9.18 Å². The second-order valence-electron chi connectivity index (χ2n) is 9.58. The number of amides is 1. The average molecular weight is 507 g/mol. The summed E-state index contributed by atoms with van der Waals surface area (Å²) >= 11 is 0. The molecule has 0 bridgehead atoms. The molecule has 4 heterocycles. The Morgan fingerprint density at radius 1 is 1.19 bits per heavy atom. The molecule has 194 valence electrons. The fourth-order valence-corrected chi connectivity index (χ4v) is 5.09. The summed E-state index contributed by atoms with van der Waals surface area (Å²) in [6.45, 7) is 5.64. The first-order valence-electron chi connectivity index (χ1n) is 12.5. The highest BCUT2D eigenvalue weighted by molar-refractivity contribution is 5.82. The molecule has 37 heavy (non-hydrogen) atoms. The number of anilines is 1. The number of piperidine rings is 1. The molecule has 0 unspecified atom stereocenters. The molecule has 2 N–H and O–H groups in total. The van der Waals surface area contributed by atoms with Crippen molar-refractivity contribution in [3.05, 3.63) is 53.6 Å². The fraction of sp³-hybridized carbons (Fsp3) is 0.407. The summed E-state index contributed by atoms with van der Waals surface area (Å²) in [6.07, 6.45) is 2.29. The zero-order valence-electron chi connectivity index (χ0n) is 21.3. The van der Waals surface area contributed by atoms with E-state index in [0.717, 1.165) is 55.0 Å². The lowest BCUT2D eigenvalue weighted by Gasteiger charge is -2.31. The van der Waals surface area contributed by atoms with E-state index in [0.29, 0.717) is 41.6 Å². The number of likely N-dealkylation sites (tertiary alicyclic amines) is 1. The number of nitrogens with two attached hydrogens (primary N) is 1. The maximum Gasteiger partial charge on any atom is 0.312 e. The Morgan fingerprint density at radius 2 is 1.97 bits per heavy atom. The number of imidazole rings is 1. The van der Waals surface area contributed by atoms with Crippen molar-refractivity contribution in [1.82, 2.24) is 24.4 Å². The molecule has 10 heteroatoms. The number of aryl methyl sites for hydroxylation is 2. The number of nitrogens with zero attached hydrogens (tertiary/aromatic N) is 5. The van der Waals surface area contributed by atoms with Crippen molar-refractivity contribution in [2.45, 2.75) is 46.1 Å². The number of hydrogen-bond donors (Lipinski definition) is 1. The average Bonchev–Trinajstić information content (AvgIpc) is 3.46. The number of hydrogen-bond acceptors (Lipinski definition) is 7. The molecule has 4 aromatic rings. The number of benzene rings is 1. The monoisotopic (exact) mass is 506 g/mol. The van der Waals surface area contributed by atoms with Crippen LogP contribution in [-0.4, -0.2) is 50.5 Å². The van der Waals surface area contributed by atoms with Crippen LogP contribution in [0.5, 0.6) is 5.75 Å². The van der Waals surface area contributed by atoms with Crippen LogP contribution >= 0.6 is 0 Å². The zero-order chi connectivity index (χ0) is 26.1. The highest BCUT2D eigenvalue weighted by Gasteiger charge is 2.23. The van der Waals surface area contributed by atoms with Gasteiger partial charge < -0.3 is 24.4 Å². The summed E-state index contributed by atoms with van der Waals surface area (Å²) in [7, 11) is 1.63. The summed E-state index contributed by atoms with van der Waals surface area (Å²) in [5.41, 5.74) is 8.70. The molecule has 0 aliphatic carbocycles. The Balaban J connectivity index is 1.49. The molecule has 5 rings (SSSR count).